The third kappa shape index (κ3) is 2.87. The second-order valence-corrected chi connectivity index (χ2v) is 6.72. The molecular formula is C20H19N5O2. The molecule has 2 heterocycles. The second kappa shape index (κ2) is 6.35. The fourth-order valence-corrected chi connectivity index (χ4v) is 3.41. The highest BCUT2D eigenvalue weighted by Crippen LogP contribution is 2.19. The third-order valence-corrected chi connectivity index (χ3v) is 4.72. The molecule has 136 valence electrons. The molecule has 0 bridgehead atoms. The van der Waals surface area contributed by atoms with Crippen LogP contribution in [0, 0.1) is 13.8 Å². The molecule has 0 aliphatic rings. The van der Waals surface area contributed by atoms with Gasteiger partial charge in [-0.05, 0) is 44.0 Å². The Morgan fingerprint density at radius 2 is 1.96 bits per heavy atom. The molecule has 0 saturated heterocycles. The Morgan fingerprint density at radius 3 is 2.74 bits per heavy atom. The summed E-state index contributed by atoms with van der Waals surface area (Å²) in [5.74, 6) is -0.432. The summed E-state index contributed by atoms with van der Waals surface area (Å²) >= 11 is 0. The molecule has 7 heteroatoms. The van der Waals surface area contributed by atoms with Gasteiger partial charge in [0, 0.05) is 0 Å². The Bertz CT molecular complexity index is 1240. The van der Waals surface area contributed by atoms with Crippen molar-refractivity contribution in [3.05, 3.63) is 75.2 Å². The Kier molecular flexibility index (Phi) is 3.99. The minimum atomic E-state index is -0.432. The zero-order chi connectivity index (χ0) is 19.1. The van der Waals surface area contributed by atoms with Crippen LogP contribution in [0.2, 0.25) is 0 Å². The number of aromatic amines is 1. The summed E-state index contributed by atoms with van der Waals surface area (Å²) in [7, 11) is 0. The van der Waals surface area contributed by atoms with Crippen LogP contribution in [-0.2, 0) is 0 Å². The second-order valence-electron chi connectivity index (χ2n) is 6.72. The van der Waals surface area contributed by atoms with E-state index >= 15 is 0 Å². The van der Waals surface area contributed by atoms with Crippen LogP contribution in [0.25, 0.3) is 16.6 Å². The highest BCUT2D eigenvalue weighted by molar-refractivity contribution is 5.99. The number of nitrogens with zero attached hydrogens (tertiary/aromatic N) is 3. The van der Waals surface area contributed by atoms with Crippen LogP contribution in [0.15, 0.2) is 47.3 Å². The zero-order valence-electron chi connectivity index (χ0n) is 15.3. The van der Waals surface area contributed by atoms with Crippen molar-refractivity contribution >= 4 is 22.5 Å². The number of nitrogens with one attached hydrogen (secondary N) is 2. The summed E-state index contributed by atoms with van der Waals surface area (Å²) in [6.45, 7) is 5.94. The van der Waals surface area contributed by atoms with Crippen LogP contribution in [-0.4, -0.2) is 25.7 Å². The lowest BCUT2D eigenvalue weighted by molar-refractivity contribution is 0.0936. The summed E-state index contributed by atoms with van der Waals surface area (Å²) in [6, 6.07) is 13.1. The van der Waals surface area contributed by atoms with Crippen molar-refractivity contribution in [1.29, 1.82) is 0 Å². The molecule has 2 aromatic carbocycles. The molecule has 0 aliphatic heterocycles. The van der Waals surface area contributed by atoms with Crippen molar-refractivity contribution in [2.75, 3.05) is 0 Å². The lowest BCUT2D eigenvalue weighted by atomic mass is 10.0. The maximum atomic E-state index is 12.8. The molecule has 2 aromatic heterocycles. The number of rotatable bonds is 3. The number of aromatic nitrogens is 4. The van der Waals surface area contributed by atoms with Gasteiger partial charge < -0.3 is 10.3 Å². The molecule has 7 nitrogen and oxygen atoms in total. The van der Waals surface area contributed by atoms with Crippen molar-refractivity contribution < 1.29 is 4.79 Å². The Labute approximate surface area is 155 Å². The third-order valence-electron chi connectivity index (χ3n) is 4.72. The standard InChI is InChI=1S/C20H19N5O2/c1-11-8-9-14(12(2)10-11)13(3)21-19(26)17-18-20(27)22-15-6-4-5-7-16(15)25(18)24-23-17/h4-10,13H,1-3H3,(H,21,26)(H,22,27). The average molecular weight is 361 g/mol. The molecule has 1 atom stereocenters. The molecule has 0 aliphatic carbocycles. The molecule has 27 heavy (non-hydrogen) atoms. The fraction of sp³-hybridized carbons (Fsp3) is 0.200. The molecule has 4 rings (SSSR count). The quantitative estimate of drug-likeness (QED) is 0.587. The lowest BCUT2D eigenvalue weighted by Crippen LogP contribution is -2.28. The van der Waals surface area contributed by atoms with Crippen molar-refractivity contribution in [3.8, 4) is 0 Å². The zero-order valence-corrected chi connectivity index (χ0v) is 15.3. The van der Waals surface area contributed by atoms with Gasteiger partial charge in [-0.25, -0.2) is 4.52 Å². The Balaban J connectivity index is 1.73. The Hall–Kier alpha value is -3.48. The topological polar surface area (TPSA) is 92.2 Å². The van der Waals surface area contributed by atoms with Crippen LogP contribution in [0.5, 0.6) is 0 Å². The van der Waals surface area contributed by atoms with E-state index in [1.54, 1.807) is 6.07 Å². The number of hydrogen-bond donors (Lipinski definition) is 2. The Morgan fingerprint density at radius 1 is 1.19 bits per heavy atom. The van der Waals surface area contributed by atoms with Gasteiger partial charge >= 0.3 is 0 Å². The van der Waals surface area contributed by atoms with Gasteiger partial charge in [-0.2, -0.15) is 0 Å². The van der Waals surface area contributed by atoms with Gasteiger partial charge in [0.2, 0.25) is 0 Å². The van der Waals surface area contributed by atoms with Crippen molar-refractivity contribution in [1.82, 2.24) is 25.1 Å². The highest BCUT2D eigenvalue weighted by Gasteiger charge is 2.21. The van der Waals surface area contributed by atoms with Crippen molar-refractivity contribution in [3.63, 3.8) is 0 Å². The number of carbonyl (C=O) groups is 1. The number of carbonyl (C=O) groups excluding carboxylic acids is 1. The van der Waals surface area contributed by atoms with Gasteiger partial charge in [0.15, 0.2) is 11.2 Å². The van der Waals surface area contributed by atoms with Crippen molar-refractivity contribution in [2.45, 2.75) is 26.8 Å². The average Bonchev–Trinajstić information content (AvgIpc) is 3.08. The van der Waals surface area contributed by atoms with E-state index in [1.165, 1.54) is 4.52 Å². The molecule has 0 spiro atoms. The smallest absolute Gasteiger partial charge is 0.277 e. The van der Waals surface area contributed by atoms with Crippen LogP contribution in [0.3, 0.4) is 0 Å². The largest absolute Gasteiger partial charge is 0.344 e. The molecular weight excluding hydrogens is 342 g/mol. The van der Waals surface area contributed by atoms with Crippen LogP contribution in [0.1, 0.15) is 40.1 Å². The first kappa shape index (κ1) is 17.0. The molecule has 4 aromatic rings. The van der Waals surface area contributed by atoms with E-state index in [0.717, 1.165) is 16.7 Å². The predicted octanol–water partition coefficient (Wildman–Crippen LogP) is 2.68. The normalized spacial score (nSPS) is 12.4. The van der Waals surface area contributed by atoms with E-state index in [4.69, 9.17) is 0 Å². The summed E-state index contributed by atoms with van der Waals surface area (Å²) in [5, 5.41) is 10.9. The van der Waals surface area contributed by atoms with Crippen LogP contribution >= 0.6 is 0 Å². The summed E-state index contributed by atoms with van der Waals surface area (Å²) < 4.78 is 1.41. The molecule has 2 N–H and O–H groups in total. The van der Waals surface area contributed by atoms with E-state index < -0.39 is 11.5 Å². The molecule has 0 saturated carbocycles. The van der Waals surface area contributed by atoms with E-state index in [2.05, 4.69) is 26.7 Å². The summed E-state index contributed by atoms with van der Waals surface area (Å²) in [5.41, 5.74) is 4.35. The summed E-state index contributed by atoms with van der Waals surface area (Å²) in [6.07, 6.45) is 0. The molecule has 1 unspecified atom stereocenters. The number of hydrogen-bond acceptors (Lipinski definition) is 4. The van der Waals surface area contributed by atoms with Gasteiger partial charge in [-0.1, -0.05) is 41.1 Å². The maximum Gasteiger partial charge on any atom is 0.277 e. The first-order chi connectivity index (χ1) is 13.0. The van der Waals surface area contributed by atoms with E-state index in [0.29, 0.717) is 11.0 Å². The molecule has 0 radical (unpaired) electrons. The maximum absolute atomic E-state index is 12.8. The van der Waals surface area contributed by atoms with Gasteiger partial charge in [0.05, 0.1) is 17.1 Å². The summed E-state index contributed by atoms with van der Waals surface area (Å²) in [4.78, 5) is 28.1. The minimum absolute atomic E-state index is 0.0126. The van der Waals surface area contributed by atoms with E-state index in [-0.39, 0.29) is 17.3 Å². The van der Waals surface area contributed by atoms with E-state index in [1.807, 2.05) is 51.1 Å². The predicted molar refractivity (Wildman–Crippen MR) is 103 cm³/mol. The highest BCUT2D eigenvalue weighted by atomic mass is 16.2. The van der Waals surface area contributed by atoms with Gasteiger partial charge in [0.25, 0.3) is 11.5 Å². The monoisotopic (exact) mass is 361 g/mol. The van der Waals surface area contributed by atoms with Gasteiger partial charge in [-0.3, -0.25) is 9.59 Å². The first-order valence-electron chi connectivity index (χ1n) is 8.70. The van der Waals surface area contributed by atoms with Gasteiger partial charge in [0.1, 0.15) is 0 Å². The molecule has 0 fully saturated rings. The van der Waals surface area contributed by atoms with E-state index in [9.17, 15) is 9.59 Å². The number of H-pyrrole nitrogens is 1. The molecule has 1 amide bonds. The van der Waals surface area contributed by atoms with Crippen LogP contribution < -0.4 is 10.9 Å². The van der Waals surface area contributed by atoms with Gasteiger partial charge in [-0.15, -0.1) is 5.10 Å². The lowest BCUT2D eigenvalue weighted by Gasteiger charge is -2.16. The number of benzene rings is 2. The number of amides is 1. The van der Waals surface area contributed by atoms with Crippen molar-refractivity contribution in [2.24, 2.45) is 0 Å². The number of aryl methyl sites for hydroxylation is 2. The first-order valence-corrected chi connectivity index (χ1v) is 8.70. The minimum Gasteiger partial charge on any atom is -0.344 e. The number of fused-ring (bicyclic) bond motifs is 3. The SMILES string of the molecule is Cc1ccc(C(C)NC(=O)c2nnn3c2c(=O)[nH]c2ccccc23)c(C)c1. The fourth-order valence-electron chi connectivity index (χ4n) is 3.41. The van der Waals surface area contributed by atoms with Crippen LogP contribution in [0.4, 0.5) is 0 Å². The number of para-hydroxylation sites is 2.